The van der Waals surface area contributed by atoms with Crippen molar-refractivity contribution in [1.82, 2.24) is 5.32 Å². The van der Waals surface area contributed by atoms with Crippen molar-refractivity contribution in [2.24, 2.45) is 11.8 Å². The van der Waals surface area contributed by atoms with E-state index in [4.69, 9.17) is 4.74 Å². The highest BCUT2D eigenvalue weighted by Gasteiger charge is 2.26. The van der Waals surface area contributed by atoms with Gasteiger partial charge in [-0.1, -0.05) is 64.2 Å². The summed E-state index contributed by atoms with van der Waals surface area (Å²) in [6.45, 7) is 12.8. The normalized spacial score (nSPS) is 21.2. The maximum Gasteiger partial charge on any atom is 0.314 e. The van der Waals surface area contributed by atoms with Gasteiger partial charge in [0.05, 0.1) is 5.92 Å². The fourth-order valence-electron chi connectivity index (χ4n) is 5.08. The molecule has 0 spiro atoms. The zero-order chi connectivity index (χ0) is 24.1. The highest BCUT2D eigenvalue weighted by molar-refractivity contribution is 5.75. The third-order valence-electron chi connectivity index (χ3n) is 7.50. The Morgan fingerprint density at radius 1 is 1.03 bits per heavy atom. The quantitative estimate of drug-likeness (QED) is 0.125. The van der Waals surface area contributed by atoms with Gasteiger partial charge in [-0.3, -0.25) is 4.79 Å². The van der Waals surface area contributed by atoms with Crippen LogP contribution in [0.15, 0.2) is 36.9 Å². The number of benzene rings is 1. The van der Waals surface area contributed by atoms with E-state index in [9.17, 15) is 4.79 Å². The average Bonchev–Trinajstić information content (AvgIpc) is 2.82. The van der Waals surface area contributed by atoms with Crippen molar-refractivity contribution in [2.45, 2.75) is 123 Å². The van der Waals surface area contributed by atoms with E-state index in [1.165, 1.54) is 50.5 Å². The second-order valence-corrected chi connectivity index (χ2v) is 10.5. The maximum absolute atomic E-state index is 12.5. The summed E-state index contributed by atoms with van der Waals surface area (Å²) in [6, 6.07) is 9.27. The molecule has 0 saturated heterocycles. The highest BCUT2D eigenvalue weighted by Crippen LogP contribution is 2.31. The number of hydrogen-bond acceptors (Lipinski definition) is 3. The molecule has 3 heteroatoms. The lowest BCUT2D eigenvalue weighted by atomic mass is 9.83. The number of carbonyl (C=O) groups is 1. The summed E-state index contributed by atoms with van der Waals surface area (Å²) in [6.07, 6.45) is 16.4. The van der Waals surface area contributed by atoms with E-state index in [2.05, 4.69) is 51.7 Å². The Balaban J connectivity index is 1.64. The monoisotopic (exact) mass is 455 g/mol. The van der Waals surface area contributed by atoms with E-state index in [-0.39, 0.29) is 11.9 Å². The number of hydrogen-bond donors (Lipinski definition) is 1. The van der Waals surface area contributed by atoms with E-state index in [0.29, 0.717) is 23.8 Å². The van der Waals surface area contributed by atoms with Crippen LogP contribution < -0.4 is 10.1 Å². The molecule has 3 unspecified atom stereocenters. The predicted molar refractivity (Wildman–Crippen MR) is 141 cm³/mol. The first-order chi connectivity index (χ1) is 15.9. The molecule has 0 aromatic heterocycles. The minimum absolute atomic E-state index is 0.0397. The SMILES string of the molecule is C=CC(C)NC(C)CCCCCCCC(CC)c1ccc(OC(=O)C2CCC(C)CC2)cc1. The summed E-state index contributed by atoms with van der Waals surface area (Å²) >= 11 is 0. The number of rotatable bonds is 15. The molecule has 3 atom stereocenters. The number of ether oxygens (including phenoxy) is 1. The van der Waals surface area contributed by atoms with Gasteiger partial charge in [0.1, 0.15) is 5.75 Å². The van der Waals surface area contributed by atoms with E-state index in [0.717, 1.165) is 38.0 Å². The summed E-state index contributed by atoms with van der Waals surface area (Å²) in [4.78, 5) is 12.5. The minimum Gasteiger partial charge on any atom is -0.426 e. The van der Waals surface area contributed by atoms with Crippen molar-refractivity contribution in [3.63, 3.8) is 0 Å². The molecule has 1 aromatic rings. The third kappa shape index (κ3) is 10.5. The summed E-state index contributed by atoms with van der Waals surface area (Å²) in [7, 11) is 0. The number of nitrogens with one attached hydrogen (secondary N) is 1. The van der Waals surface area contributed by atoms with E-state index in [1.54, 1.807) is 0 Å². The average molecular weight is 456 g/mol. The summed E-state index contributed by atoms with van der Waals surface area (Å²) in [5, 5.41) is 3.56. The Hall–Kier alpha value is -1.61. The fraction of sp³-hybridized carbons (Fsp3) is 0.700. The minimum atomic E-state index is -0.0397. The van der Waals surface area contributed by atoms with Gasteiger partial charge in [0.25, 0.3) is 0 Å². The van der Waals surface area contributed by atoms with Crippen LogP contribution in [-0.4, -0.2) is 18.1 Å². The summed E-state index contributed by atoms with van der Waals surface area (Å²) in [5.41, 5.74) is 1.38. The molecule has 0 radical (unpaired) electrons. The van der Waals surface area contributed by atoms with Crippen LogP contribution in [0.1, 0.15) is 116 Å². The lowest BCUT2D eigenvalue weighted by Crippen LogP contribution is -2.32. The van der Waals surface area contributed by atoms with Crippen molar-refractivity contribution < 1.29 is 9.53 Å². The molecule has 186 valence electrons. The first-order valence-electron chi connectivity index (χ1n) is 13.6. The Morgan fingerprint density at radius 3 is 2.24 bits per heavy atom. The van der Waals surface area contributed by atoms with Gasteiger partial charge in [0, 0.05) is 12.1 Å². The first-order valence-corrected chi connectivity index (χ1v) is 13.6. The topological polar surface area (TPSA) is 38.3 Å². The van der Waals surface area contributed by atoms with Gasteiger partial charge in [-0.25, -0.2) is 0 Å². The van der Waals surface area contributed by atoms with Gasteiger partial charge in [-0.15, -0.1) is 6.58 Å². The lowest BCUT2D eigenvalue weighted by Gasteiger charge is -2.24. The smallest absolute Gasteiger partial charge is 0.314 e. The van der Waals surface area contributed by atoms with Crippen LogP contribution in [0, 0.1) is 11.8 Å². The number of carbonyl (C=O) groups excluding carboxylic acids is 1. The molecule has 1 fully saturated rings. The standard InChI is InChI=1S/C30H49NO2/c1-6-24(4)31-25(5)13-11-9-8-10-12-14-26(7-2)27-19-21-29(22-20-27)33-30(32)28-17-15-23(3)16-18-28/h6,19-26,28,31H,1,7-18H2,2-5H3. The predicted octanol–water partition coefficient (Wildman–Crippen LogP) is 8.20. The molecular formula is C30H49NO2. The number of esters is 1. The summed E-state index contributed by atoms with van der Waals surface area (Å²) < 4.78 is 5.69. The lowest BCUT2D eigenvalue weighted by molar-refractivity contribution is -0.140. The molecule has 1 aromatic carbocycles. The van der Waals surface area contributed by atoms with Crippen LogP contribution in [0.4, 0.5) is 0 Å². The molecule has 2 rings (SSSR count). The third-order valence-corrected chi connectivity index (χ3v) is 7.50. The Morgan fingerprint density at radius 2 is 1.64 bits per heavy atom. The fourth-order valence-corrected chi connectivity index (χ4v) is 5.08. The van der Waals surface area contributed by atoms with Gasteiger partial charge in [0.15, 0.2) is 0 Å². The van der Waals surface area contributed by atoms with Crippen LogP contribution in [0.2, 0.25) is 0 Å². The Labute approximate surface area is 203 Å². The van der Waals surface area contributed by atoms with Crippen molar-refractivity contribution in [3.8, 4) is 5.75 Å². The van der Waals surface area contributed by atoms with Gasteiger partial charge in [0.2, 0.25) is 0 Å². The largest absolute Gasteiger partial charge is 0.426 e. The van der Waals surface area contributed by atoms with Crippen molar-refractivity contribution >= 4 is 5.97 Å². The summed E-state index contributed by atoms with van der Waals surface area (Å²) in [5.74, 6) is 2.08. The van der Waals surface area contributed by atoms with Crippen LogP contribution >= 0.6 is 0 Å². The van der Waals surface area contributed by atoms with Gasteiger partial charge in [-0.05, 0) is 88.3 Å². The molecule has 0 bridgehead atoms. The molecule has 1 aliphatic carbocycles. The molecule has 33 heavy (non-hydrogen) atoms. The van der Waals surface area contributed by atoms with Gasteiger partial charge >= 0.3 is 5.97 Å². The molecule has 0 amide bonds. The van der Waals surface area contributed by atoms with E-state index < -0.39 is 0 Å². The van der Waals surface area contributed by atoms with Crippen molar-refractivity contribution in [3.05, 3.63) is 42.5 Å². The molecule has 0 aliphatic heterocycles. The highest BCUT2D eigenvalue weighted by atomic mass is 16.5. The van der Waals surface area contributed by atoms with Crippen LogP contribution in [0.5, 0.6) is 5.75 Å². The Bertz CT molecular complexity index is 675. The second kappa shape index (κ2) is 15.3. The van der Waals surface area contributed by atoms with Crippen molar-refractivity contribution in [2.75, 3.05) is 0 Å². The number of unbranched alkanes of at least 4 members (excludes halogenated alkanes) is 4. The maximum atomic E-state index is 12.5. The van der Waals surface area contributed by atoms with E-state index >= 15 is 0 Å². The van der Waals surface area contributed by atoms with Crippen LogP contribution in [0.3, 0.4) is 0 Å². The molecule has 1 N–H and O–H groups in total. The molecule has 3 nitrogen and oxygen atoms in total. The first kappa shape index (κ1) is 27.6. The zero-order valence-corrected chi connectivity index (χ0v) is 21.8. The zero-order valence-electron chi connectivity index (χ0n) is 21.8. The van der Waals surface area contributed by atoms with E-state index in [1.807, 2.05) is 18.2 Å². The van der Waals surface area contributed by atoms with Crippen molar-refractivity contribution in [1.29, 1.82) is 0 Å². The van der Waals surface area contributed by atoms with Crippen LogP contribution in [0.25, 0.3) is 0 Å². The second-order valence-electron chi connectivity index (χ2n) is 10.5. The van der Waals surface area contributed by atoms with Gasteiger partial charge in [-0.2, -0.15) is 0 Å². The van der Waals surface area contributed by atoms with Gasteiger partial charge < -0.3 is 10.1 Å². The molecule has 0 heterocycles. The molecular weight excluding hydrogens is 406 g/mol. The van der Waals surface area contributed by atoms with Crippen LogP contribution in [-0.2, 0) is 4.79 Å². The molecule has 1 saturated carbocycles. The molecule has 1 aliphatic rings. The Kier molecular flexibility index (Phi) is 12.8.